The summed E-state index contributed by atoms with van der Waals surface area (Å²) in [5, 5.41) is 15.9. The van der Waals surface area contributed by atoms with Gasteiger partial charge in [-0.15, -0.1) is 0 Å². The number of hydrogen-bond acceptors (Lipinski definition) is 3. The minimum absolute atomic E-state index is 0.363. The number of aryl methyl sites for hydroxylation is 1. The number of carbonyl (C=O) groups is 2. The fraction of sp³-hybridized carbons (Fsp3) is 0.267. The number of rotatable bonds is 4. The first-order valence-electron chi connectivity index (χ1n) is 6.69. The fourth-order valence-corrected chi connectivity index (χ4v) is 2.13. The molecule has 108 valence electrons. The molecule has 1 aliphatic rings. The van der Waals surface area contributed by atoms with Gasteiger partial charge in [0.25, 0.3) is 5.91 Å². The minimum atomic E-state index is -1.06. The predicted octanol–water partition coefficient (Wildman–Crippen LogP) is 1.53. The third-order valence-electron chi connectivity index (χ3n) is 3.63. The van der Waals surface area contributed by atoms with Gasteiger partial charge in [0.2, 0.25) is 0 Å². The van der Waals surface area contributed by atoms with Gasteiger partial charge in [-0.2, -0.15) is 5.10 Å². The second-order valence-electron chi connectivity index (χ2n) is 5.29. The van der Waals surface area contributed by atoms with Gasteiger partial charge in [0, 0.05) is 11.8 Å². The van der Waals surface area contributed by atoms with Crippen LogP contribution in [-0.2, 0) is 4.79 Å². The molecule has 0 saturated heterocycles. The molecule has 0 radical (unpaired) electrons. The minimum Gasteiger partial charge on any atom is -0.480 e. The highest BCUT2D eigenvalue weighted by molar-refractivity contribution is 5.99. The molecule has 0 bridgehead atoms. The summed E-state index contributed by atoms with van der Waals surface area (Å²) >= 11 is 0. The summed E-state index contributed by atoms with van der Waals surface area (Å²) in [5.41, 5.74) is 1.14. The lowest BCUT2D eigenvalue weighted by Crippen LogP contribution is -2.43. The number of nitrogens with one attached hydrogen (secondary N) is 1. The van der Waals surface area contributed by atoms with Gasteiger partial charge in [-0.25, -0.2) is 9.48 Å². The van der Waals surface area contributed by atoms with Crippen LogP contribution in [0.3, 0.4) is 0 Å². The first-order valence-corrected chi connectivity index (χ1v) is 6.69. The van der Waals surface area contributed by atoms with Gasteiger partial charge in [0.05, 0.1) is 11.4 Å². The van der Waals surface area contributed by atoms with Crippen molar-refractivity contribution in [2.24, 2.45) is 0 Å². The van der Waals surface area contributed by atoms with Crippen molar-refractivity contribution in [2.75, 3.05) is 0 Å². The van der Waals surface area contributed by atoms with E-state index < -0.39 is 11.5 Å². The smallest absolute Gasteiger partial charge is 0.329 e. The van der Waals surface area contributed by atoms with Crippen LogP contribution >= 0.6 is 0 Å². The van der Waals surface area contributed by atoms with Crippen LogP contribution in [-0.4, -0.2) is 32.3 Å². The molecule has 1 aliphatic carbocycles. The Morgan fingerprint density at radius 1 is 1.24 bits per heavy atom. The third-order valence-corrected chi connectivity index (χ3v) is 3.63. The average molecular weight is 285 g/mol. The van der Waals surface area contributed by atoms with E-state index in [9.17, 15) is 9.59 Å². The maximum absolute atomic E-state index is 12.1. The third kappa shape index (κ3) is 2.52. The molecule has 1 saturated carbocycles. The van der Waals surface area contributed by atoms with Crippen molar-refractivity contribution in [3.05, 3.63) is 47.8 Å². The number of aliphatic carboxylic acids is 1. The van der Waals surface area contributed by atoms with E-state index in [-0.39, 0.29) is 5.91 Å². The molecule has 2 N–H and O–H groups in total. The molecule has 3 rings (SSSR count). The Morgan fingerprint density at radius 3 is 2.38 bits per heavy atom. The van der Waals surface area contributed by atoms with E-state index in [1.807, 2.05) is 19.2 Å². The summed E-state index contributed by atoms with van der Waals surface area (Å²) in [6.07, 6.45) is 2.81. The quantitative estimate of drug-likeness (QED) is 0.892. The van der Waals surface area contributed by atoms with Crippen LogP contribution in [0, 0.1) is 6.92 Å². The number of carboxylic acid groups (broad SMARTS) is 1. The average Bonchev–Trinajstić information content (AvgIpc) is 3.13. The van der Waals surface area contributed by atoms with Crippen LogP contribution in [0.15, 0.2) is 36.5 Å². The SMILES string of the molecule is Cc1ccn(-c2ccc(C(=O)NC3(C(=O)O)CC3)cc2)n1. The van der Waals surface area contributed by atoms with Gasteiger partial charge in [-0.1, -0.05) is 0 Å². The molecule has 0 spiro atoms. The first kappa shape index (κ1) is 13.4. The van der Waals surface area contributed by atoms with Crippen LogP contribution in [0.25, 0.3) is 5.69 Å². The second kappa shape index (κ2) is 4.73. The zero-order valence-electron chi connectivity index (χ0n) is 11.5. The molecular formula is C15H15N3O3. The van der Waals surface area contributed by atoms with Gasteiger partial charge < -0.3 is 10.4 Å². The largest absolute Gasteiger partial charge is 0.480 e. The normalized spacial score (nSPS) is 15.5. The van der Waals surface area contributed by atoms with Gasteiger partial charge in [-0.05, 0) is 50.1 Å². The van der Waals surface area contributed by atoms with Gasteiger partial charge in [0.15, 0.2) is 0 Å². The molecule has 6 nitrogen and oxygen atoms in total. The molecule has 1 aromatic heterocycles. The molecule has 0 atom stereocenters. The second-order valence-corrected chi connectivity index (χ2v) is 5.29. The van der Waals surface area contributed by atoms with E-state index in [1.54, 1.807) is 28.9 Å². The highest BCUT2D eigenvalue weighted by Crippen LogP contribution is 2.35. The summed E-state index contributed by atoms with van der Waals surface area (Å²) in [6, 6.07) is 8.78. The number of benzene rings is 1. The highest BCUT2D eigenvalue weighted by atomic mass is 16.4. The lowest BCUT2D eigenvalue weighted by molar-refractivity contribution is -0.140. The van der Waals surface area contributed by atoms with Crippen molar-refractivity contribution in [3.8, 4) is 5.69 Å². The molecule has 1 fully saturated rings. The number of amides is 1. The van der Waals surface area contributed by atoms with Crippen molar-refractivity contribution in [1.29, 1.82) is 0 Å². The van der Waals surface area contributed by atoms with Crippen LogP contribution in [0.5, 0.6) is 0 Å². The lowest BCUT2D eigenvalue weighted by Gasteiger charge is -2.12. The number of carbonyl (C=O) groups excluding carboxylic acids is 1. The Hall–Kier alpha value is -2.63. The van der Waals surface area contributed by atoms with Crippen molar-refractivity contribution in [1.82, 2.24) is 15.1 Å². The van der Waals surface area contributed by atoms with Crippen LogP contribution in [0.1, 0.15) is 28.9 Å². The maximum atomic E-state index is 12.1. The molecule has 0 unspecified atom stereocenters. The van der Waals surface area contributed by atoms with Crippen LogP contribution in [0.4, 0.5) is 0 Å². The molecule has 1 amide bonds. The lowest BCUT2D eigenvalue weighted by atomic mass is 10.1. The molecule has 2 aromatic rings. The topological polar surface area (TPSA) is 84.2 Å². The van der Waals surface area contributed by atoms with Gasteiger partial charge in [0.1, 0.15) is 5.54 Å². The zero-order chi connectivity index (χ0) is 15.0. The number of aromatic nitrogens is 2. The van der Waals surface area contributed by atoms with E-state index >= 15 is 0 Å². The molecule has 6 heteroatoms. The Balaban J connectivity index is 1.75. The monoisotopic (exact) mass is 285 g/mol. The molecule has 21 heavy (non-hydrogen) atoms. The number of hydrogen-bond donors (Lipinski definition) is 2. The van der Waals surface area contributed by atoms with Crippen LogP contribution < -0.4 is 5.32 Å². The van der Waals surface area contributed by atoms with Crippen molar-refractivity contribution in [2.45, 2.75) is 25.3 Å². The van der Waals surface area contributed by atoms with E-state index in [4.69, 9.17) is 5.11 Å². The van der Waals surface area contributed by atoms with Crippen LogP contribution in [0.2, 0.25) is 0 Å². The summed E-state index contributed by atoms with van der Waals surface area (Å²) < 4.78 is 1.72. The first-order chi connectivity index (χ1) is 10.00. The molecular weight excluding hydrogens is 270 g/mol. The van der Waals surface area contributed by atoms with Gasteiger partial charge in [-0.3, -0.25) is 4.79 Å². The van der Waals surface area contributed by atoms with E-state index in [2.05, 4.69) is 10.4 Å². The fourth-order valence-electron chi connectivity index (χ4n) is 2.13. The zero-order valence-corrected chi connectivity index (χ0v) is 11.5. The van der Waals surface area contributed by atoms with E-state index in [1.165, 1.54) is 0 Å². The molecule has 1 heterocycles. The van der Waals surface area contributed by atoms with E-state index in [0.717, 1.165) is 11.4 Å². The Kier molecular flexibility index (Phi) is 3.01. The van der Waals surface area contributed by atoms with E-state index in [0.29, 0.717) is 18.4 Å². The van der Waals surface area contributed by atoms with Crippen molar-refractivity contribution < 1.29 is 14.7 Å². The Bertz CT molecular complexity index is 699. The number of nitrogens with zero attached hydrogens (tertiary/aromatic N) is 2. The summed E-state index contributed by atoms with van der Waals surface area (Å²) in [7, 11) is 0. The van der Waals surface area contributed by atoms with Crippen molar-refractivity contribution >= 4 is 11.9 Å². The molecule has 1 aromatic carbocycles. The standard InChI is InChI=1S/C15H15N3O3/c1-10-6-9-18(17-10)12-4-2-11(3-5-12)13(19)16-15(7-8-15)14(20)21/h2-6,9H,7-8H2,1H3,(H,16,19)(H,20,21). The molecule has 0 aliphatic heterocycles. The summed E-state index contributed by atoms with van der Waals surface area (Å²) in [5.74, 6) is -1.34. The Morgan fingerprint density at radius 2 is 1.90 bits per heavy atom. The maximum Gasteiger partial charge on any atom is 0.329 e. The summed E-state index contributed by atoms with van der Waals surface area (Å²) in [4.78, 5) is 23.1. The summed E-state index contributed by atoms with van der Waals surface area (Å²) in [6.45, 7) is 1.90. The predicted molar refractivity (Wildman–Crippen MR) is 75.4 cm³/mol. The van der Waals surface area contributed by atoms with Crippen molar-refractivity contribution in [3.63, 3.8) is 0 Å². The number of carboxylic acids is 1. The Labute approximate surface area is 121 Å². The highest BCUT2D eigenvalue weighted by Gasteiger charge is 2.51. The van der Waals surface area contributed by atoms with Gasteiger partial charge >= 0.3 is 5.97 Å².